The lowest BCUT2D eigenvalue weighted by molar-refractivity contribution is 1.18. The minimum absolute atomic E-state index is 0.761. The first-order chi connectivity index (χ1) is 6.29. The number of aromatic nitrogens is 2. The zero-order valence-corrected chi connectivity index (χ0v) is 9.84. The van der Waals surface area contributed by atoms with Crippen molar-refractivity contribution in [2.24, 2.45) is 0 Å². The Morgan fingerprint density at radius 1 is 1.08 bits per heavy atom. The van der Waals surface area contributed by atoms with Crippen molar-refractivity contribution in [3.8, 4) is 0 Å². The third-order valence-corrected chi connectivity index (χ3v) is 2.73. The van der Waals surface area contributed by atoms with Gasteiger partial charge in [-0.1, -0.05) is 15.9 Å². The molecule has 2 aromatic heterocycles. The summed E-state index contributed by atoms with van der Waals surface area (Å²) in [4.78, 5) is 8.64. The van der Waals surface area contributed by atoms with Crippen molar-refractivity contribution in [2.75, 3.05) is 0 Å². The van der Waals surface area contributed by atoms with Gasteiger partial charge in [0.1, 0.15) is 4.60 Å². The second-order valence-electron chi connectivity index (χ2n) is 2.62. The average molecular weight is 302 g/mol. The maximum absolute atomic E-state index is 4.37. The Morgan fingerprint density at radius 2 is 1.85 bits per heavy atom. The first kappa shape index (κ1) is 9.09. The molecule has 0 atom stereocenters. The molecule has 0 bridgehead atoms. The summed E-state index contributed by atoms with van der Waals surface area (Å²) in [7, 11) is 0. The van der Waals surface area contributed by atoms with Gasteiger partial charge in [-0.2, -0.15) is 0 Å². The Labute approximate surface area is 92.7 Å². The van der Waals surface area contributed by atoms with Gasteiger partial charge in [0.05, 0.1) is 5.69 Å². The number of halogens is 2. The molecule has 0 unspecified atom stereocenters. The summed E-state index contributed by atoms with van der Waals surface area (Å²) in [6.45, 7) is 0. The number of rotatable bonds is 1. The van der Waals surface area contributed by atoms with Crippen LogP contribution in [0.15, 0.2) is 28.9 Å². The van der Waals surface area contributed by atoms with E-state index in [1.54, 1.807) is 0 Å². The summed E-state index contributed by atoms with van der Waals surface area (Å²) in [6.07, 6.45) is 0. The van der Waals surface area contributed by atoms with E-state index in [9.17, 15) is 0 Å². The molecule has 2 aromatic rings. The van der Waals surface area contributed by atoms with Crippen molar-refractivity contribution in [3.05, 3.63) is 34.6 Å². The molecule has 2 nitrogen and oxygen atoms in total. The van der Waals surface area contributed by atoms with Crippen LogP contribution < -0.4 is 0 Å². The van der Waals surface area contributed by atoms with Crippen LogP contribution in [0.1, 0.15) is 5.69 Å². The van der Waals surface area contributed by atoms with E-state index in [0.29, 0.717) is 0 Å². The quantitative estimate of drug-likeness (QED) is 0.597. The summed E-state index contributed by atoms with van der Waals surface area (Å²) in [5, 5.41) is 1.82. The predicted octanol–water partition coefficient (Wildman–Crippen LogP) is 3.29. The van der Waals surface area contributed by atoms with Gasteiger partial charge in [0.2, 0.25) is 0 Å². The molecule has 4 heteroatoms. The highest BCUT2D eigenvalue weighted by Gasteiger charge is 1.98. The van der Waals surface area contributed by atoms with Gasteiger partial charge in [-0.15, -0.1) is 0 Å². The number of pyridine rings is 2. The summed E-state index contributed by atoms with van der Waals surface area (Å²) in [6, 6.07) is 7.93. The molecule has 0 amide bonds. The number of alkyl halides is 1. The molecule has 13 heavy (non-hydrogen) atoms. The molecule has 0 N–H and O–H groups in total. The highest BCUT2D eigenvalue weighted by Crippen LogP contribution is 2.15. The third kappa shape index (κ3) is 1.89. The normalized spacial score (nSPS) is 10.6. The molecule has 0 spiro atoms. The van der Waals surface area contributed by atoms with Crippen molar-refractivity contribution < 1.29 is 0 Å². The van der Waals surface area contributed by atoms with Gasteiger partial charge in [-0.3, -0.25) is 0 Å². The van der Waals surface area contributed by atoms with Gasteiger partial charge in [0.25, 0.3) is 0 Å². The van der Waals surface area contributed by atoms with Gasteiger partial charge in [0.15, 0.2) is 5.65 Å². The smallest absolute Gasteiger partial charge is 0.160 e. The molecular formula is C9H6Br2N2. The molecule has 0 aromatic carbocycles. The van der Waals surface area contributed by atoms with E-state index in [-0.39, 0.29) is 0 Å². The van der Waals surface area contributed by atoms with Crippen LogP contribution >= 0.6 is 31.9 Å². The van der Waals surface area contributed by atoms with Crippen LogP contribution in [0.5, 0.6) is 0 Å². The number of nitrogens with zero attached hydrogens (tertiary/aromatic N) is 2. The van der Waals surface area contributed by atoms with Crippen LogP contribution in [-0.4, -0.2) is 9.97 Å². The fourth-order valence-electron chi connectivity index (χ4n) is 1.09. The van der Waals surface area contributed by atoms with E-state index in [2.05, 4.69) is 41.8 Å². The Balaban J connectivity index is 2.68. The lowest BCUT2D eigenvalue weighted by Gasteiger charge is -1.98. The summed E-state index contributed by atoms with van der Waals surface area (Å²) < 4.78 is 0.819. The van der Waals surface area contributed by atoms with E-state index in [1.807, 2.05) is 24.3 Å². The van der Waals surface area contributed by atoms with Gasteiger partial charge >= 0.3 is 0 Å². The minimum Gasteiger partial charge on any atom is -0.232 e. The lowest BCUT2D eigenvalue weighted by Crippen LogP contribution is -1.88. The molecular weight excluding hydrogens is 296 g/mol. The summed E-state index contributed by atoms with van der Waals surface area (Å²) >= 11 is 6.68. The Morgan fingerprint density at radius 3 is 2.62 bits per heavy atom. The van der Waals surface area contributed by atoms with E-state index < -0.39 is 0 Å². The molecule has 0 aliphatic heterocycles. The highest BCUT2D eigenvalue weighted by atomic mass is 79.9. The van der Waals surface area contributed by atoms with Crippen LogP contribution in [0.25, 0.3) is 11.0 Å². The molecule has 2 rings (SSSR count). The van der Waals surface area contributed by atoms with Gasteiger partial charge < -0.3 is 0 Å². The summed E-state index contributed by atoms with van der Waals surface area (Å²) in [5.74, 6) is 0. The van der Waals surface area contributed by atoms with Crippen LogP contribution in [0.4, 0.5) is 0 Å². The van der Waals surface area contributed by atoms with Gasteiger partial charge in [-0.25, -0.2) is 9.97 Å². The molecule has 0 aliphatic rings. The summed E-state index contributed by atoms with van der Waals surface area (Å²) in [5.41, 5.74) is 1.78. The first-order valence-corrected chi connectivity index (χ1v) is 5.69. The van der Waals surface area contributed by atoms with Crippen LogP contribution in [0.2, 0.25) is 0 Å². The van der Waals surface area contributed by atoms with Gasteiger partial charge in [0, 0.05) is 10.7 Å². The number of hydrogen-bond acceptors (Lipinski definition) is 2. The van der Waals surface area contributed by atoms with Gasteiger partial charge in [-0.05, 0) is 40.2 Å². The zero-order chi connectivity index (χ0) is 9.26. The van der Waals surface area contributed by atoms with Crippen molar-refractivity contribution in [1.29, 1.82) is 0 Å². The minimum atomic E-state index is 0.761. The van der Waals surface area contributed by atoms with Crippen molar-refractivity contribution in [2.45, 2.75) is 5.33 Å². The van der Waals surface area contributed by atoms with Crippen molar-refractivity contribution >= 4 is 42.9 Å². The molecule has 0 saturated heterocycles. The molecule has 0 radical (unpaired) electrons. The molecule has 2 heterocycles. The second kappa shape index (κ2) is 3.72. The predicted molar refractivity (Wildman–Crippen MR) is 59.9 cm³/mol. The van der Waals surface area contributed by atoms with Crippen molar-refractivity contribution in [3.63, 3.8) is 0 Å². The Bertz CT molecular complexity index is 443. The van der Waals surface area contributed by atoms with Crippen LogP contribution in [0.3, 0.4) is 0 Å². The Kier molecular flexibility index (Phi) is 2.60. The first-order valence-electron chi connectivity index (χ1n) is 3.78. The molecule has 0 fully saturated rings. The SMILES string of the molecule is BrCc1ccc2ccc(Br)nc2n1. The average Bonchev–Trinajstić information content (AvgIpc) is 2.16. The van der Waals surface area contributed by atoms with Crippen molar-refractivity contribution in [1.82, 2.24) is 9.97 Å². The maximum Gasteiger partial charge on any atom is 0.160 e. The van der Waals surface area contributed by atoms with Crippen LogP contribution in [0, 0.1) is 0 Å². The fraction of sp³-hybridized carbons (Fsp3) is 0.111. The number of fused-ring (bicyclic) bond motifs is 1. The van der Waals surface area contributed by atoms with Crippen LogP contribution in [-0.2, 0) is 5.33 Å². The molecule has 66 valence electrons. The molecule has 0 aliphatic carbocycles. The fourth-order valence-corrected chi connectivity index (χ4v) is 1.70. The van der Waals surface area contributed by atoms with E-state index in [1.165, 1.54) is 0 Å². The number of hydrogen-bond donors (Lipinski definition) is 0. The third-order valence-electron chi connectivity index (χ3n) is 1.71. The topological polar surface area (TPSA) is 25.8 Å². The highest BCUT2D eigenvalue weighted by molar-refractivity contribution is 9.10. The van der Waals surface area contributed by atoms with E-state index in [4.69, 9.17) is 0 Å². The second-order valence-corrected chi connectivity index (χ2v) is 3.99. The van der Waals surface area contributed by atoms with E-state index >= 15 is 0 Å². The maximum atomic E-state index is 4.37. The van der Waals surface area contributed by atoms with E-state index in [0.717, 1.165) is 26.7 Å². The lowest BCUT2D eigenvalue weighted by atomic mass is 10.3. The largest absolute Gasteiger partial charge is 0.232 e. The Hall–Kier alpha value is -0.480. The monoisotopic (exact) mass is 300 g/mol. The molecule has 0 saturated carbocycles. The zero-order valence-electron chi connectivity index (χ0n) is 6.67. The standard InChI is InChI=1S/C9H6Br2N2/c10-5-7-3-1-6-2-4-8(11)13-9(6)12-7/h1-4H,5H2.